The number of hydrogen-bond donors (Lipinski definition) is 0. The van der Waals surface area contributed by atoms with Gasteiger partial charge in [0.05, 0.1) is 0 Å². The third kappa shape index (κ3) is 2.88. The van der Waals surface area contributed by atoms with Crippen LogP contribution in [0.15, 0.2) is 0 Å². The Kier molecular flexibility index (Phi) is 4.33. The Hall–Kier alpha value is 0.250. The van der Waals surface area contributed by atoms with E-state index >= 15 is 0 Å². The van der Waals surface area contributed by atoms with Crippen LogP contribution < -0.4 is 0 Å². The average molecular weight is 230 g/mol. The SMILES string of the molecule is CC(CCl)CN1CCCC1C1CCCC1. The second-order valence-electron chi connectivity index (χ2n) is 5.51. The van der Waals surface area contributed by atoms with E-state index in [4.69, 9.17) is 11.6 Å². The molecule has 0 amide bonds. The molecule has 0 spiro atoms. The van der Waals surface area contributed by atoms with Crippen LogP contribution in [-0.2, 0) is 0 Å². The quantitative estimate of drug-likeness (QED) is 0.667. The van der Waals surface area contributed by atoms with Crippen molar-refractivity contribution in [2.75, 3.05) is 19.0 Å². The van der Waals surface area contributed by atoms with Crippen molar-refractivity contribution in [1.82, 2.24) is 4.90 Å². The van der Waals surface area contributed by atoms with Crippen LogP contribution in [0.2, 0.25) is 0 Å². The van der Waals surface area contributed by atoms with E-state index in [1.165, 1.54) is 51.6 Å². The molecule has 1 nitrogen and oxygen atoms in total. The van der Waals surface area contributed by atoms with Crippen LogP contribution >= 0.6 is 11.6 Å². The molecule has 15 heavy (non-hydrogen) atoms. The van der Waals surface area contributed by atoms with Crippen LogP contribution in [0.3, 0.4) is 0 Å². The lowest BCUT2D eigenvalue weighted by atomic mass is 9.95. The van der Waals surface area contributed by atoms with Gasteiger partial charge in [0, 0.05) is 18.5 Å². The molecular formula is C13H24ClN. The number of halogens is 1. The monoisotopic (exact) mass is 229 g/mol. The van der Waals surface area contributed by atoms with Crippen LogP contribution in [0.5, 0.6) is 0 Å². The standard InChI is InChI=1S/C13H24ClN/c1-11(9-14)10-15-8-4-7-13(15)12-5-2-3-6-12/h11-13H,2-10H2,1H3. The Balaban J connectivity index is 1.86. The fourth-order valence-electron chi connectivity index (χ4n) is 3.40. The number of likely N-dealkylation sites (tertiary alicyclic amines) is 1. The fraction of sp³-hybridized carbons (Fsp3) is 1.00. The van der Waals surface area contributed by atoms with Gasteiger partial charge in [0.15, 0.2) is 0 Å². The van der Waals surface area contributed by atoms with Crippen molar-refractivity contribution in [2.24, 2.45) is 11.8 Å². The predicted molar refractivity (Wildman–Crippen MR) is 66.4 cm³/mol. The molecule has 0 radical (unpaired) electrons. The second-order valence-corrected chi connectivity index (χ2v) is 5.82. The van der Waals surface area contributed by atoms with Gasteiger partial charge in [0.25, 0.3) is 0 Å². The Bertz CT molecular complexity index is 189. The van der Waals surface area contributed by atoms with Crippen molar-refractivity contribution in [1.29, 1.82) is 0 Å². The molecule has 2 atom stereocenters. The van der Waals surface area contributed by atoms with E-state index in [1.807, 2.05) is 0 Å². The third-order valence-corrected chi connectivity index (χ3v) is 4.69. The van der Waals surface area contributed by atoms with Crippen molar-refractivity contribution < 1.29 is 0 Å². The Labute approximate surface area is 99.2 Å². The minimum atomic E-state index is 0.661. The summed E-state index contributed by atoms with van der Waals surface area (Å²) < 4.78 is 0. The minimum absolute atomic E-state index is 0.661. The first-order valence-corrected chi connectivity index (χ1v) is 7.14. The van der Waals surface area contributed by atoms with Crippen molar-refractivity contribution in [3.63, 3.8) is 0 Å². The molecule has 2 unspecified atom stereocenters. The van der Waals surface area contributed by atoms with Gasteiger partial charge in [-0.15, -0.1) is 11.6 Å². The van der Waals surface area contributed by atoms with Crippen LogP contribution in [0.1, 0.15) is 45.4 Å². The molecule has 1 saturated carbocycles. The summed E-state index contributed by atoms with van der Waals surface area (Å²) >= 11 is 5.91. The van der Waals surface area contributed by atoms with E-state index in [9.17, 15) is 0 Å². The maximum atomic E-state index is 5.91. The summed E-state index contributed by atoms with van der Waals surface area (Å²) in [5.41, 5.74) is 0. The molecule has 0 aromatic carbocycles. The zero-order chi connectivity index (χ0) is 10.7. The van der Waals surface area contributed by atoms with Crippen LogP contribution in [0, 0.1) is 11.8 Å². The fourth-order valence-corrected chi connectivity index (χ4v) is 3.50. The first-order chi connectivity index (χ1) is 7.31. The lowest BCUT2D eigenvalue weighted by Gasteiger charge is -2.31. The number of alkyl halides is 1. The molecule has 0 N–H and O–H groups in total. The zero-order valence-electron chi connectivity index (χ0n) is 9.92. The predicted octanol–water partition coefficient (Wildman–Crippen LogP) is 3.52. The topological polar surface area (TPSA) is 3.24 Å². The highest BCUT2D eigenvalue weighted by atomic mass is 35.5. The highest BCUT2D eigenvalue weighted by molar-refractivity contribution is 6.18. The van der Waals surface area contributed by atoms with E-state index in [2.05, 4.69) is 11.8 Å². The molecule has 0 aromatic heterocycles. The number of hydrogen-bond acceptors (Lipinski definition) is 1. The average Bonchev–Trinajstić information content (AvgIpc) is 2.86. The molecule has 0 aromatic rings. The number of nitrogens with zero attached hydrogens (tertiary/aromatic N) is 1. The lowest BCUT2D eigenvalue weighted by molar-refractivity contribution is 0.173. The Morgan fingerprint density at radius 2 is 1.93 bits per heavy atom. The molecule has 1 aliphatic carbocycles. The van der Waals surface area contributed by atoms with Crippen molar-refractivity contribution >= 4 is 11.6 Å². The summed E-state index contributed by atoms with van der Waals surface area (Å²) in [6.45, 7) is 4.82. The van der Waals surface area contributed by atoms with E-state index in [1.54, 1.807) is 0 Å². The van der Waals surface area contributed by atoms with Gasteiger partial charge in [-0.05, 0) is 44.1 Å². The maximum absolute atomic E-state index is 5.91. The summed E-state index contributed by atoms with van der Waals surface area (Å²) in [4.78, 5) is 2.73. The van der Waals surface area contributed by atoms with Crippen LogP contribution in [0.4, 0.5) is 0 Å². The molecule has 1 aliphatic heterocycles. The normalized spacial score (nSPS) is 31.2. The Morgan fingerprint density at radius 3 is 2.60 bits per heavy atom. The maximum Gasteiger partial charge on any atom is 0.0261 e. The molecule has 1 heterocycles. The smallest absolute Gasteiger partial charge is 0.0261 e. The molecule has 2 aliphatic rings. The summed E-state index contributed by atoms with van der Waals surface area (Å²) in [6, 6.07) is 0.901. The van der Waals surface area contributed by atoms with Gasteiger partial charge in [0.1, 0.15) is 0 Å². The van der Waals surface area contributed by atoms with Crippen molar-refractivity contribution in [3.05, 3.63) is 0 Å². The summed E-state index contributed by atoms with van der Waals surface area (Å²) in [5.74, 6) is 2.48. The molecule has 2 rings (SSSR count). The van der Waals surface area contributed by atoms with Gasteiger partial charge in [-0.3, -0.25) is 4.90 Å². The minimum Gasteiger partial charge on any atom is -0.300 e. The lowest BCUT2D eigenvalue weighted by Crippen LogP contribution is -2.37. The van der Waals surface area contributed by atoms with Gasteiger partial charge >= 0.3 is 0 Å². The van der Waals surface area contributed by atoms with Gasteiger partial charge in [-0.1, -0.05) is 19.8 Å². The van der Waals surface area contributed by atoms with Crippen LogP contribution in [0.25, 0.3) is 0 Å². The van der Waals surface area contributed by atoms with Gasteiger partial charge < -0.3 is 0 Å². The number of rotatable bonds is 4. The zero-order valence-corrected chi connectivity index (χ0v) is 10.7. The van der Waals surface area contributed by atoms with E-state index in [0.717, 1.165) is 17.8 Å². The highest BCUT2D eigenvalue weighted by Crippen LogP contribution is 2.35. The summed E-state index contributed by atoms with van der Waals surface area (Å²) in [5, 5.41) is 0. The van der Waals surface area contributed by atoms with Crippen LogP contribution in [-0.4, -0.2) is 29.9 Å². The van der Waals surface area contributed by atoms with E-state index < -0.39 is 0 Å². The first-order valence-electron chi connectivity index (χ1n) is 6.61. The largest absolute Gasteiger partial charge is 0.300 e. The third-order valence-electron chi connectivity index (χ3n) is 4.17. The summed E-state index contributed by atoms with van der Waals surface area (Å²) in [7, 11) is 0. The van der Waals surface area contributed by atoms with Gasteiger partial charge in [0.2, 0.25) is 0 Å². The molecule has 88 valence electrons. The van der Waals surface area contributed by atoms with E-state index in [0.29, 0.717) is 5.92 Å². The highest BCUT2D eigenvalue weighted by Gasteiger charge is 2.33. The Morgan fingerprint density at radius 1 is 1.20 bits per heavy atom. The van der Waals surface area contributed by atoms with Gasteiger partial charge in [-0.2, -0.15) is 0 Å². The van der Waals surface area contributed by atoms with Crippen molar-refractivity contribution in [3.8, 4) is 0 Å². The van der Waals surface area contributed by atoms with Crippen molar-refractivity contribution in [2.45, 2.75) is 51.5 Å². The van der Waals surface area contributed by atoms with Gasteiger partial charge in [-0.25, -0.2) is 0 Å². The molecule has 2 fully saturated rings. The molecule has 0 bridgehead atoms. The second kappa shape index (κ2) is 5.54. The molecular weight excluding hydrogens is 206 g/mol. The summed E-state index contributed by atoms with van der Waals surface area (Å²) in [6.07, 6.45) is 8.77. The molecule has 2 heteroatoms. The first kappa shape index (κ1) is 11.7. The van der Waals surface area contributed by atoms with E-state index in [-0.39, 0.29) is 0 Å². The molecule has 1 saturated heterocycles.